The Balaban J connectivity index is 1.59. The number of hydrogen-bond donors (Lipinski definition) is 0. The van der Waals surface area contributed by atoms with Crippen LogP contribution in [-0.4, -0.2) is 19.0 Å². The molecule has 0 aromatic rings. The molecule has 30 heavy (non-hydrogen) atoms. The molecule has 0 saturated heterocycles. The van der Waals surface area contributed by atoms with Crippen LogP contribution in [0, 0.1) is 52.3 Å². The molecule has 0 heterocycles. The zero-order valence-corrected chi connectivity index (χ0v) is 19.7. The molecule has 0 aliphatic heterocycles. The maximum atomic E-state index is 16.1. The number of rotatable bonds is 4. The first-order valence-corrected chi connectivity index (χ1v) is 12.5. The molecule has 4 aliphatic rings. The Morgan fingerprint density at radius 2 is 1.83 bits per heavy atom. The normalized spacial score (nSPS) is 48.2. The lowest BCUT2D eigenvalue weighted by molar-refractivity contribution is -0.245. The fourth-order valence-electron chi connectivity index (χ4n) is 8.98. The molecule has 0 N–H and O–H groups in total. The molecule has 4 heteroatoms. The minimum Gasteiger partial charge on any atom is -0.469 e. The van der Waals surface area contributed by atoms with Gasteiger partial charge in [0.05, 0.1) is 7.11 Å². The smallest absolute Gasteiger partial charge is 0.305 e. The van der Waals surface area contributed by atoms with E-state index in [9.17, 15) is 4.79 Å². The fraction of sp³-hybridized carbons (Fsp3) is 0.962. The van der Waals surface area contributed by atoms with Gasteiger partial charge in [-0.1, -0.05) is 34.1 Å². The largest absolute Gasteiger partial charge is 0.469 e. The van der Waals surface area contributed by atoms with Gasteiger partial charge >= 0.3 is 5.97 Å². The summed E-state index contributed by atoms with van der Waals surface area (Å²) >= 11 is 0. The molecule has 0 aromatic heterocycles. The number of carbonyl (C=O) groups excluding carboxylic acids is 1. The van der Waals surface area contributed by atoms with E-state index in [2.05, 4.69) is 20.8 Å². The van der Waals surface area contributed by atoms with Gasteiger partial charge in [0.25, 0.3) is 5.92 Å². The number of alkyl halides is 2. The Bertz CT molecular complexity index is 663. The number of hydrogen-bond acceptors (Lipinski definition) is 2. The third-order valence-corrected chi connectivity index (χ3v) is 10.8. The molecule has 4 aliphatic carbocycles. The molecule has 172 valence electrons. The molecule has 0 bridgehead atoms. The van der Waals surface area contributed by atoms with Crippen LogP contribution in [-0.2, 0) is 9.53 Å². The monoisotopic (exact) mass is 424 g/mol. The van der Waals surface area contributed by atoms with Crippen molar-refractivity contribution in [3.8, 4) is 0 Å². The van der Waals surface area contributed by atoms with Crippen LogP contribution in [0.15, 0.2) is 0 Å². The number of halogens is 2. The van der Waals surface area contributed by atoms with E-state index in [1.54, 1.807) is 0 Å². The summed E-state index contributed by atoms with van der Waals surface area (Å²) in [5.41, 5.74) is -0.816. The standard InChI is InChI=1S/C26H42F2O2/c1-16-12-13-24(3)18(14-16)7-8-19-21-10-9-20(17(2)6-11-23(29)30-5)25(21,4)26(27,28)15-22(19)24/h16-22H,6-15H2,1-5H3/t16-,17-,18-,19+,20?,21+,22+,24+,25-/m1/s1. The molecule has 4 rings (SSSR count). The number of carbonyl (C=O) groups is 1. The lowest BCUT2D eigenvalue weighted by Gasteiger charge is -2.63. The Morgan fingerprint density at radius 1 is 1.10 bits per heavy atom. The van der Waals surface area contributed by atoms with Gasteiger partial charge in [-0.2, -0.15) is 0 Å². The van der Waals surface area contributed by atoms with Gasteiger partial charge < -0.3 is 4.74 Å². The van der Waals surface area contributed by atoms with Crippen LogP contribution >= 0.6 is 0 Å². The van der Waals surface area contributed by atoms with E-state index in [0.717, 1.165) is 31.6 Å². The molecular formula is C26H42F2O2. The van der Waals surface area contributed by atoms with Crippen molar-refractivity contribution in [2.45, 2.75) is 97.8 Å². The average Bonchev–Trinajstić information content (AvgIpc) is 3.06. The molecule has 4 fully saturated rings. The summed E-state index contributed by atoms with van der Waals surface area (Å²) in [6.07, 6.45) is 8.88. The first-order valence-electron chi connectivity index (χ1n) is 12.5. The highest BCUT2D eigenvalue weighted by molar-refractivity contribution is 5.69. The fourth-order valence-corrected chi connectivity index (χ4v) is 8.98. The van der Waals surface area contributed by atoms with Crippen molar-refractivity contribution in [3.63, 3.8) is 0 Å². The highest BCUT2D eigenvalue weighted by Gasteiger charge is 2.70. The third kappa shape index (κ3) is 3.25. The Kier molecular flexibility index (Phi) is 5.80. The van der Waals surface area contributed by atoms with Crippen molar-refractivity contribution in [2.75, 3.05) is 7.11 Å². The van der Waals surface area contributed by atoms with E-state index in [-0.39, 0.29) is 41.5 Å². The first-order chi connectivity index (χ1) is 14.0. The van der Waals surface area contributed by atoms with Crippen LogP contribution in [0.3, 0.4) is 0 Å². The van der Waals surface area contributed by atoms with Gasteiger partial charge in [-0.3, -0.25) is 4.79 Å². The number of esters is 1. The zero-order chi connectivity index (χ0) is 21.9. The minimum absolute atomic E-state index is 0.0000128. The van der Waals surface area contributed by atoms with Crippen LogP contribution < -0.4 is 0 Å². The van der Waals surface area contributed by atoms with Crippen LogP contribution in [0.5, 0.6) is 0 Å². The van der Waals surface area contributed by atoms with Crippen molar-refractivity contribution in [2.24, 2.45) is 52.3 Å². The number of fused-ring (bicyclic) bond motifs is 5. The molecule has 1 unspecified atom stereocenters. The summed E-state index contributed by atoms with van der Waals surface area (Å²) in [6.45, 7) is 8.71. The predicted octanol–water partition coefficient (Wildman–Crippen LogP) is 7.12. The molecular weight excluding hydrogens is 382 g/mol. The molecule has 0 spiro atoms. The van der Waals surface area contributed by atoms with Crippen molar-refractivity contribution in [1.29, 1.82) is 0 Å². The van der Waals surface area contributed by atoms with Gasteiger partial charge in [0.1, 0.15) is 0 Å². The van der Waals surface area contributed by atoms with Gasteiger partial charge in [-0.05, 0) is 91.8 Å². The summed E-state index contributed by atoms with van der Waals surface area (Å²) in [5.74, 6) is -0.553. The Labute approximate surface area is 181 Å². The third-order valence-electron chi connectivity index (χ3n) is 10.8. The van der Waals surface area contributed by atoms with Crippen molar-refractivity contribution >= 4 is 5.97 Å². The molecule has 0 amide bonds. The van der Waals surface area contributed by atoms with E-state index >= 15 is 8.78 Å². The summed E-state index contributed by atoms with van der Waals surface area (Å²) in [6, 6.07) is 0. The highest BCUT2D eigenvalue weighted by atomic mass is 19.3. The number of ether oxygens (including phenoxy) is 1. The van der Waals surface area contributed by atoms with Crippen LogP contribution in [0.1, 0.15) is 91.9 Å². The lowest BCUT2D eigenvalue weighted by atomic mass is 9.43. The second kappa shape index (κ2) is 7.73. The van der Waals surface area contributed by atoms with E-state index in [1.807, 2.05) is 6.92 Å². The lowest BCUT2D eigenvalue weighted by Crippen LogP contribution is -2.61. The maximum Gasteiger partial charge on any atom is 0.305 e. The summed E-state index contributed by atoms with van der Waals surface area (Å²) in [4.78, 5) is 11.6. The molecule has 0 radical (unpaired) electrons. The van der Waals surface area contributed by atoms with E-state index in [4.69, 9.17) is 4.74 Å². The van der Waals surface area contributed by atoms with Gasteiger partial charge in [0, 0.05) is 18.3 Å². The van der Waals surface area contributed by atoms with Gasteiger partial charge in [0.2, 0.25) is 0 Å². The summed E-state index contributed by atoms with van der Waals surface area (Å²) < 4.78 is 37.0. The maximum absolute atomic E-state index is 16.1. The van der Waals surface area contributed by atoms with Crippen LogP contribution in [0.4, 0.5) is 8.78 Å². The zero-order valence-electron chi connectivity index (χ0n) is 19.7. The molecule has 2 nitrogen and oxygen atoms in total. The second-order valence-electron chi connectivity index (χ2n) is 12.0. The van der Waals surface area contributed by atoms with Crippen molar-refractivity contribution in [3.05, 3.63) is 0 Å². The molecule has 0 aromatic carbocycles. The number of methoxy groups -OCH3 is 1. The van der Waals surface area contributed by atoms with Crippen LogP contribution in [0.2, 0.25) is 0 Å². The minimum atomic E-state index is -2.62. The Morgan fingerprint density at radius 3 is 2.53 bits per heavy atom. The van der Waals surface area contributed by atoms with E-state index in [0.29, 0.717) is 24.7 Å². The molecule has 9 atom stereocenters. The SMILES string of the molecule is COC(=O)CC[C@@H](C)C1CC[C@H]2[C@@H]3CC[C@@H]4C[C@H](C)CC[C@]4(C)[C@H]3CC(F)(F)[C@]12C. The van der Waals surface area contributed by atoms with Crippen LogP contribution in [0.25, 0.3) is 0 Å². The van der Waals surface area contributed by atoms with Crippen molar-refractivity contribution < 1.29 is 18.3 Å². The highest BCUT2D eigenvalue weighted by Crippen LogP contribution is 2.72. The Hall–Kier alpha value is -0.670. The quantitative estimate of drug-likeness (QED) is 0.449. The van der Waals surface area contributed by atoms with Crippen molar-refractivity contribution in [1.82, 2.24) is 0 Å². The first kappa shape index (κ1) is 22.5. The summed E-state index contributed by atoms with van der Waals surface area (Å²) in [7, 11) is 1.40. The topological polar surface area (TPSA) is 26.3 Å². The molecule has 4 saturated carbocycles. The van der Waals surface area contributed by atoms with Gasteiger partial charge in [-0.25, -0.2) is 8.78 Å². The van der Waals surface area contributed by atoms with Gasteiger partial charge in [-0.15, -0.1) is 0 Å². The van der Waals surface area contributed by atoms with E-state index < -0.39 is 11.3 Å². The van der Waals surface area contributed by atoms with E-state index in [1.165, 1.54) is 26.4 Å². The summed E-state index contributed by atoms with van der Waals surface area (Å²) in [5, 5.41) is 0. The average molecular weight is 425 g/mol. The predicted molar refractivity (Wildman–Crippen MR) is 115 cm³/mol. The van der Waals surface area contributed by atoms with Gasteiger partial charge in [0.15, 0.2) is 0 Å². The second-order valence-corrected chi connectivity index (χ2v) is 12.0.